The van der Waals surface area contributed by atoms with Crippen LogP contribution in [0.3, 0.4) is 0 Å². The zero-order valence-electron chi connectivity index (χ0n) is 23.4. The molecule has 2 aliphatic rings. The maximum atomic E-state index is 13.2. The highest BCUT2D eigenvalue weighted by Gasteiger charge is 2.62. The minimum Gasteiger partial charge on any atom is -0.384 e. The molecule has 43 heavy (non-hydrogen) atoms. The summed E-state index contributed by atoms with van der Waals surface area (Å²) in [7, 11) is 30.4. The van der Waals surface area contributed by atoms with Crippen LogP contribution in [0.25, 0.3) is 0 Å². The molecule has 1 saturated heterocycles. The van der Waals surface area contributed by atoms with Gasteiger partial charge in [0, 0.05) is 60.5 Å². The van der Waals surface area contributed by atoms with Crippen LogP contribution in [-0.4, -0.2) is 123 Å². The molecule has 0 aromatic heterocycles. The van der Waals surface area contributed by atoms with Gasteiger partial charge in [-0.2, -0.15) is 0 Å². The summed E-state index contributed by atoms with van der Waals surface area (Å²) < 4.78 is 4.69. The Labute approximate surface area is 255 Å². The summed E-state index contributed by atoms with van der Waals surface area (Å²) in [6, 6.07) is 11.7. The summed E-state index contributed by atoms with van der Waals surface area (Å²) in [5.41, 5.74) is -2.43. The zero-order chi connectivity index (χ0) is 32.0. The van der Waals surface area contributed by atoms with Crippen LogP contribution in [0.15, 0.2) is 42.5 Å². The average Bonchev–Trinajstić information content (AvgIpc) is 3.29. The third-order valence-electron chi connectivity index (χ3n) is 7.70. The molecule has 2 amide bonds. The molecule has 2 heterocycles. The van der Waals surface area contributed by atoms with Gasteiger partial charge in [0.05, 0.1) is 27.9 Å². The van der Waals surface area contributed by atoms with E-state index in [1.165, 1.54) is 7.05 Å². The fourth-order valence-corrected chi connectivity index (χ4v) is 5.16. The summed E-state index contributed by atoms with van der Waals surface area (Å²) in [5.74, 6) is -4.67. The third kappa shape index (κ3) is 5.65. The second kappa shape index (κ2) is 11.5. The van der Waals surface area contributed by atoms with E-state index in [4.69, 9.17) is 44.0 Å². The molecule has 214 valence electrons. The lowest BCUT2D eigenvalue weighted by atomic mass is 9.46. The smallest absolute Gasteiger partial charge is 0.279 e. The first-order chi connectivity index (χ1) is 19.9. The van der Waals surface area contributed by atoms with E-state index in [-0.39, 0.29) is 38.0 Å². The van der Waals surface area contributed by atoms with Gasteiger partial charge in [-0.3, -0.25) is 19.4 Å². The molecule has 0 saturated carbocycles. The number of fused-ring (bicyclic) bond motifs is 1. The Hall–Kier alpha value is -3.07. The summed E-state index contributed by atoms with van der Waals surface area (Å²) in [6.45, 7) is -0.220. The number of aldehydes is 1. The molecule has 1 fully saturated rings. The Kier molecular flexibility index (Phi) is 8.75. The van der Waals surface area contributed by atoms with Gasteiger partial charge >= 0.3 is 0 Å². The van der Waals surface area contributed by atoms with Crippen LogP contribution in [0.4, 0.5) is 5.69 Å². The maximum Gasteiger partial charge on any atom is 0.279 e. The Balaban J connectivity index is 1.55. The normalized spacial score (nSPS) is 23.7. The van der Waals surface area contributed by atoms with Crippen molar-refractivity contribution in [3.05, 3.63) is 64.7 Å². The molecule has 10 radical (unpaired) electrons. The number of amides is 2. The van der Waals surface area contributed by atoms with Gasteiger partial charge in [-0.15, -0.1) is 0 Å². The van der Waals surface area contributed by atoms with Crippen molar-refractivity contribution in [3.63, 3.8) is 0 Å². The molecule has 0 aliphatic carbocycles. The largest absolute Gasteiger partial charge is 0.384 e. The average molecular weight is 578 g/mol. The number of carbonyl (C=O) groups excluding carboxylic acids is 3. The Bertz CT molecular complexity index is 1400. The number of benzene rings is 2. The summed E-state index contributed by atoms with van der Waals surface area (Å²) in [6.07, 6.45) is 0.147. The number of hydrogen-bond acceptors (Lipinski definition) is 10. The van der Waals surface area contributed by atoms with Crippen molar-refractivity contribution in [3.8, 4) is 0 Å². The lowest BCUT2D eigenvalue weighted by Crippen LogP contribution is -2.84. The highest BCUT2D eigenvalue weighted by molar-refractivity contribution is 6.46. The van der Waals surface area contributed by atoms with Crippen LogP contribution in [0.2, 0.25) is 0 Å². The molecule has 2 aliphatic heterocycles. The van der Waals surface area contributed by atoms with Crippen LogP contribution < -0.4 is 10.6 Å². The number of likely N-dealkylation sites (N-methyl/N-ethyl adjacent to an activating group) is 1. The SMILES string of the molecule is [B]C1([B])OC(O)(O)C([B])([B])N(Cc2cccc(CNc3cccc4c3CN(C(O)(CCC=O)C(=O)NC)C4=O)c2)C1([B])O. The number of nitrogens with one attached hydrogen (secondary N) is 2. The van der Waals surface area contributed by atoms with Gasteiger partial charge in [0.1, 0.15) is 29.8 Å². The van der Waals surface area contributed by atoms with E-state index in [1.807, 2.05) is 0 Å². The Morgan fingerprint density at radius 2 is 1.74 bits per heavy atom. The molecule has 2 unspecified atom stereocenters. The van der Waals surface area contributed by atoms with Gasteiger partial charge in [0.15, 0.2) is 0 Å². The fourth-order valence-electron chi connectivity index (χ4n) is 5.16. The molecule has 2 atom stereocenters. The highest BCUT2D eigenvalue weighted by Crippen LogP contribution is 2.41. The molecule has 0 spiro atoms. The van der Waals surface area contributed by atoms with Crippen molar-refractivity contribution < 1.29 is 39.5 Å². The molecule has 2 aromatic carbocycles. The fraction of sp³-hybridized carbons (Fsp3) is 0.423. The van der Waals surface area contributed by atoms with Gasteiger partial charge < -0.3 is 40.6 Å². The summed E-state index contributed by atoms with van der Waals surface area (Å²) >= 11 is 0. The van der Waals surface area contributed by atoms with Crippen molar-refractivity contribution in [2.45, 2.75) is 60.5 Å². The lowest BCUT2D eigenvalue weighted by Gasteiger charge is -2.64. The topological polar surface area (TPSA) is 172 Å². The molecular formula is C26H27B5N4O8. The lowest BCUT2D eigenvalue weighted by molar-refractivity contribution is -0.426. The summed E-state index contributed by atoms with van der Waals surface area (Å²) in [4.78, 5) is 38.5. The molecule has 6 N–H and O–H groups in total. The van der Waals surface area contributed by atoms with E-state index in [0.717, 1.165) is 4.90 Å². The molecule has 0 bridgehead atoms. The predicted octanol–water partition coefficient (Wildman–Crippen LogP) is -3.06. The van der Waals surface area contributed by atoms with Crippen molar-refractivity contribution >= 4 is 63.0 Å². The van der Waals surface area contributed by atoms with Crippen molar-refractivity contribution in [2.24, 2.45) is 0 Å². The van der Waals surface area contributed by atoms with Gasteiger partial charge in [-0.1, -0.05) is 30.3 Å². The number of nitrogens with zero attached hydrogens (tertiary/aromatic N) is 2. The second-order valence-electron chi connectivity index (χ2n) is 10.6. The van der Waals surface area contributed by atoms with E-state index in [0.29, 0.717) is 33.6 Å². The van der Waals surface area contributed by atoms with Crippen molar-refractivity contribution in [1.29, 1.82) is 0 Å². The minimum atomic E-state index is -3.29. The quantitative estimate of drug-likeness (QED) is 0.0968. The number of carbonyl (C=O) groups is 3. The van der Waals surface area contributed by atoms with Crippen molar-refractivity contribution in [1.82, 2.24) is 15.1 Å². The zero-order valence-corrected chi connectivity index (χ0v) is 23.4. The maximum absolute atomic E-state index is 13.2. The number of hydrogen-bond donors (Lipinski definition) is 6. The summed E-state index contributed by atoms with van der Waals surface area (Å²) in [5, 5.41) is 42.8. The molecule has 17 heteroatoms. The van der Waals surface area contributed by atoms with E-state index < -0.39 is 39.9 Å². The van der Waals surface area contributed by atoms with E-state index in [1.54, 1.807) is 42.5 Å². The van der Waals surface area contributed by atoms with Gasteiger partial charge in [-0.05, 0) is 23.3 Å². The second-order valence-corrected chi connectivity index (χ2v) is 10.6. The third-order valence-corrected chi connectivity index (χ3v) is 7.70. The van der Waals surface area contributed by atoms with Gasteiger partial charge in [0.2, 0.25) is 5.72 Å². The number of anilines is 1. The highest BCUT2D eigenvalue weighted by atomic mass is 16.8. The molecule has 12 nitrogen and oxygen atoms in total. The number of aliphatic hydroxyl groups is 4. The number of ether oxygens (including phenoxy) is 1. The van der Waals surface area contributed by atoms with Gasteiger partial charge in [-0.25, -0.2) is 0 Å². The first-order valence-electron chi connectivity index (χ1n) is 13.2. The standard InChI is InChI=1S/C26H27B5N4O8/c1-32-21(38)22(39,9-4-10-36)34-14-18-17(20(34)37)7-3-8-19(18)33-12-15-5-2-6-16(11-15)13-35-23(27,28)26(41,42)43-24(29,30)25(35,31)40/h2-3,5-8,10-11,33,39-42H,4,9,12-14H2,1H3,(H,32,38). The molecule has 2 aromatic rings. The van der Waals surface area contributed by atoms with Crippen LogP contribution in [0, 0.1) is 0 Å². The van der Waals surface area contributed by atoms with Crippen LogP contribution >= 0.6 is 0 Å². The minimum absolute atomic E-state index is 0.0919. The van der Waals surface area contributed by atoms with E-state index in [9.17, 15) is 34.8 Å². The van der Waals surface area contributed by atoms with Gasteiger partial charge in [0.25, 0.3) is 17.8 Å². The first kappa shape index (κ1) is 32.8. The van der Waals surface area contributed by atoms with Crippen LogP contribution in [-0.2, 0) is 34.0 Å². The Morgan fingerprint density at radius 1 is 1.09 bits per heavy atom. The number of morpholine rings is 1. The van der Waals surface area contributed by atoms with E-state index in [2.05, 4.69) is 10.6 Å². The van der Waals surface area contributed by atoms with Crippen molar-refractivity contribution in [2.75, 3.05) is 12.4 Å². The number of rotatable bonds is 10. The monoisotopic (exact) mass is 578 g/mol. The first-order valence-corrected chi connectivity index (χ1v) is 13.2. The predicted molar refractivity (Wildman–Crippen MR) is 157 cm³/mol. The Morgan fingerprint density at radius 3 is 2.40 bits per heavy atom. The van der Waals surface area contributed by atoms with E-state index >= 15 is 0 Å². The van der Waals surface area contributed by atoms with Crippen LogP contribution in [0.1, 0.15) is 39.9 Å². The van der Waals surface area contributed by atoms with Crippen LogP contribution in [0.5, 0.6) is 0 Å². The molecule has 4 rings (SSSR count). The molecular weight excluding hydrogens is 550 g/mol.